The van der Waals surface area contributed by atoms with Crippen molar-refractivity contribution >= 4 is 50.9 Å². The molecule has 0 fully saturated rings. The molecule has 0 saturated heterocycles. The Labute approximate surface area is 186 Å². The molecule has 1 atom stereocenters. The monoisotopic (exact) mass is 458 g/mol. The molecule has 30 heavy (non-hydrogen) atoms. The third-order valence-electron chi connectivity index (χ3n) is 4.19. The van der Waals surface area contributed by atoms with E-state index < -0.39 is 6.10 Å². The predicted octanol–water partition coefficient (Wildman–Crippen LogP) is 5.43. The van der Waals surface area contributed by atoms with Crippen molar-refractivity contribution in [2.24, 2.45) is 0 Å². The van der Waals surface area contributed by atoms with Crippen LogP contribution in [-0.4, -0.2) is 25.0 Å². The van der Waals surface area contributed by atoms with E-state index in [4.69, 9.17) is 11.6 Å². The highest BCUT2D eigenvalue weighted by atomic mass is 35.5. The van der Waals surface area contributed by atoms with Crippen molar-refractivity contribution in [3.05, 3.63) is 63.5 Å². The van der Waals surface area contributed by atoms with Crippen LogP contribution in [0.5, 0.6) is 0 Å². The normalized spacial score (nSPS) is 12.0. The number of aromatic nitrogens is 4. The van der Waals surface area contributed by atoms with E-state index in [-0.39, 0.29) is 0 Å². The number of hydrogen-bond donors (Lipinski definition) is 3. The van der Waals surface area contributed by atoms with Gasteiger partial charge in [0, 0.05) is 18.1 Å². The molecule has 1 unspecified atom stereocenters. The van der Waals surface area contributed by atoms with Crippen LogP contribution in [0.25, 0.3) is 10.6 Å². The van der Waals surface area contributed by atoms with Gasteiger partial charge in [-0.3, -0.25) is 0 Å². The average molecular weight is 459 g/mol. The Kier molecular flexibility index (Phi) is 6.24. The van der Waals surface area contributed by atoms with Gasteiger partial charge in [0.1, 0.15) is 22.1 Å². The number of pyridine rings is 2. The van der Waals surface area contributed by atoms with E-state index >= 15 is 0 Å². The molecule has 4 heterocycles. The van der Waals surface area contributed by atoms with Gasteiger partial charge >= 0.3 is 0 Å². The van der Waals surface area contributed by atoms with E-state index in [2.05, 4.69) is 30.6 Å². The summed E-state index contributed by atoms with van der Waals surface area (Å²) in [5, 5.41) is 20.2. The number of rotatable bonds is 7. The van der Waals surface area contributed by atoms with Crippen LogP contribution in [0.3, 0.4) is 0 Å². The van der Waals surface area contributed by atoms with Crippen LogP contribution < -0.4 is 10.6 Å². The van der Waals surface area contributed by atoms with E-state index in [0.717, 1.165) is 38.5 Å². The van der Waals surface area contributed by atoms with Gasteiger partial charge in [0.05, 0.1) is 28.1 Å². The summed E-state index contributed by atoms with van der Waals surface area (Å²) in [7, 11) is 0. The van der Waals surface area contributed by atoms with Gasteiger partial charge < -0.3 is 15.7 Å². The summed E-state index contributed by atoms with van der Waals surface area (Å²) in [5.74, 6) is 0.721. The molecule has 4 rings (SSSR count). The van der Waals surface area contributed by atoms with Crippen molar-refractivity contribution in [3.63, 3.8) is 0 Å². The zero-order chi connectivity index (χ0) is 21.1. The standard InChI is InChI=1S/C20H19ClN6OS2/c1-11-18(30-19(25-11)12(2)28)15-10-29-20(26-15)27-17-6-3-13(8-24-17)7-22-14-4-5-16(21)23-9-14/h3-6,8-10,12,22,28H,7H2,1-2H3,(H,24,26,27). The Morgan fingerprint density at radius 1 is 1.13 bits per heavy atom. The molecule has 0 bridgehead atoms. The van der Waals surface area contributed by atoms with Crippen LogP contribution in [0.2, 0.25) is 5.15 Å². The smallest absolute Gasteiger partial charge is 0.188 e. The third-order valence-corrected chi connectivity index (χ3v) is 6.52. The second kappa shape index (κ2) is 9.05. The Morgan fingerprint density at radius 3 is 2.67 bits per heavy atom. The van der Waals surface area contributed by atoms with Gasteiger partial charge in [-0.2, -0.15) is 0 Å². The molecule has 4 aromatic heterocycles. The molecule has 0 aliphatic rings. The summed E-state index contributed by atoms with van der Waals surface area (Å²) in [4.78, 5) is 18.5. The molecule has 0 aliphatic heterocycles. The minimum Gasteiger partial charge on any atom is -0.386 e. The first-order valence-corrected chi connectivity index (χ1v) is 11.2. The van der Waals surface area contributed by atoms with Crippen molar-refractivity contribution in [2.75, 3.05) is 10.6 Å². The number of halogens is 1. The lowest BCUT2D eigenvalue weighted by Crippen LogP contribution is -2.01. The number of nitrogens with one attached hydrogen (secondary N) is 2. The largest absolute Gasteiger partial charge is 0.386 e. The van der Waals surface area contributed by atoms with Crippen molar-refractivity contribution in [1.29, 1.82) is 0 Å². The number of aryl methyl sites for hydroxylation is 1. The van der Waals surface area contributed by atoms with Crippen molar-refractivity contribution in [2.45, 2.75) is 26.5 Å². The van der Waals surface area contributed by atoms with Gasteiger partial charge in [-0.1, -0.05) is 17.7 Å². The molecule has 7 nitrogen and oxygen atoms in total. The van der Waals surface area contributed by atoms with Crippen molar-refractivity contribution in [1.82, 2.24) is 19.9 Å². The number of thiazole rings is 2. The maximum absolute atomic E-state index is 9.74. The zero-order valence-electron chi connectivity index (χ0n) is 16.3. The maximum Gasteiger partial charge on any atom is 0.188 e. The van der Waals surface area contributed by atoms with Crippen molar-refractivity contribution in [3.8, 4) is 10.6 Å². The van der Waals surface area contributed by atoms with Crippen LogP contribution >= 0.6 is 34.3 Å². The lowest BCUT2D eigenvalue weighted by Gasteiger charge is -2.07. The van der Waals surface area contributed by atoms with E-state index in [1.807, 2.05) is 36.7 Å². The Hall–Kier alpha value is -2.59. The Balaban J connectivity index is 1.38. The number of nitrogens with zero attached hydrogens (tertiary/aromatic N) is 4. The lowest BCUT2D eigenvalue weighted by molar-refractivity contribution is 0.198. The molecule has 0 amide bonds. The molecule has 0 aliphatic carbocycles. The van der Waals surface area contributed by atoms with Crippen LogP contribution in [0, 0.1) is 6.92 Å². The molecule has 4 aromatic rings. The highest BCUT2D eigenvalue weighted by Gasteiger charge is 2.15. The van der Waals surface area contributed by atoms with E-state index in [0.29, 0.717) is 16.7 Å². The maximum atomic E-state index is 9.74. The number of aliphatic hydroxyl groups is 1. The lowest BCUT2D eigenvalue weighted by atomic mass is 10.2. The molecule has 10 heteroatoms. The number of anilines is 3. The topological polar surface area (TPSA) is 95.9 Å². The number of aliphatic hydroxyl groups excluding tert-OH is 1. The second-order valence-electron chi connectivity index (χ2n) is 6.58. The van der Waals surface area contributed by atoms with Gasteiger partial charge in [-0.15, -0.1) is 22.7 Å². The molecule has 3 N–H and O–H groups in total. The summed E-state index contributed by atoms with van der Waals surface area (Å²) in [6, 6.07) is 7.55. The van der Waals surface area contributed by atoms with Gasteiger partial charge in [0.15, 0.2) is 5.13 Å². The first kappa shape index (κ1) is 20.7. The zero-order valence-corrected chi connectivity index (χ0v) is 18.6. The minimum absolute atomic E-state index is 0.469. The summed E-state index contributed by atoms with van der Waals surface area (Å²) in [6.07, 6.45) is 2.93. The molecule has 0 aromatic carbocycles. The third kappa shape index (κ3) is 4.93. The fourth-order valence-electron chi connectivity index (χ4n) is 2.67. The first-order valence-electron chi connectivity index (χ1n) is 9.16. The van der Waals surface area contributed by atoms with Gasteiger partial charge in [-0.25, -0.2) is 19.9 Å². The van der Waals surface area contributed by atoms with Crippen molar-refractivity contribution < 1.29 is 5.11 Å². The summed E-state index contributed by atoms with van der Waals surface area (Å²) in [6.45, 7) is 4.28. The quantitative estimate of drug-likeness (QED) is 0.318. The van der Waals surface area contributed by atoms with Gasteiger partial charge in [0.2, 0.25) is 0 Å². The summed E-state index contributed by atoms with van der Waals surface area (Å²) >= 11 is 8.77. The van der Waals surface area contributed by atoms with E-state index in [1.54, 1.807) is 19.2 Å². The second-order valence-corrected chi connectivity index (χ2v) is 8.86. The van der Waals surface area contributed by atoms with E-state index in [1.165, 1.54) is 22.7 Å². The molecular weight excluding hydrogens is 440 g/mol. The minimum atomic E-state index is -0.577. The molecule has 154 valence electrons. The van der Waals surface area contributed by atoms with Crippen LogP contribution in [-0.2, 0) is 6.54 Å². The number of hydrogen-bond acceptors (Lipinski definition) is 9. The Morgan fingerprint density at radius 2 is 2.00 bits per heavy atom. The predicted molar refractivity (Wildman–Crippen MR) is 123 cm³/mol. The molecule has 0 saturated carbocycles. The van der Waals surface area contributed by atoms with Crippen LogP contribution in [0.15, 0.2) is 42.0 Å². The van der Waals surface area contributed by atoms with E-state index in [9.17, 15) is 5.11 Å². The van der Waals surface area contributed by atoms with Gasteiger partial charge in [-0.05, 0) is 37.6 Å². The molecular formula is C20H19ClN6OS2. The molecule has 0 radical (unpaired) electrons. The fourth-order valence-corrected chi connectivity index (χ4v) is 4.53. The van der Waals surface area contributed by atoms with Gasteiger partial charge in [0.25, 0.3) is 0 Å². The summed E-state index contributed by atoms with van der Waals surface area (Å²) < 4.78 is 0. The highest BCUT2D eigenvalue weighted by Crippen LogP contribution is 2.34. The SMILES string of the molecule is Cc1nc(C(C)O)sc1-c1csc(Nc2ccc(CNc3ccc(Cl)nc3)cn2)n1. The molecule has 0 spiro atoms. The summed E-state index contributed by atoms with van der Waals surface area (Å²) in [5.41, 5.74) is 3.66. The van der Waals surface area contributed by atoms with Crippen LogP contribution in [0.1, 0.15) is 29.3 Å². The average Bonchev–Trinajstić information content (AvgIpc) is 3.35. The Bertz CT molecular complexity index is 1130. The first-order chi connectivity index (χ1) is 14.5. The fraction of sp³-hybridized carbons (Fsp3) is 0.200. The highest BCUT2D eigenvalue weighted by molar-refractivity contribution is 7.17. The van der Waals surface area contributed by atoms with Crippen LogP contribution in [0.4, 0.5) is 16.6 Å².